The number of rotatable bonds is 4. The van der Waals surface area contributed by atoms with E-state index in [1.807, 2.05) is 0 Å². The van der Waals surface area contributed by atoms with Crippen LogP contribution in [0.1, 0.15) is 31.1 Å². The minimum Gasteiger partial charge on any atom is -0.321 e. The van der Waals surface area contributed by atoms with Crippen molar-refractivity contribution in [3.8, 4) is 0 Å². The van der Waals surface area contributed by atoms with Crippen molar-refractivity contribution in [2.75, 3.05) is 5.32 Å². The summed E-state index contributed by atoms with van der Waals surface area (Å²) in [5.74, 6) is -0.496. The molecule has 134 valence electrons. The van der Waals surface area contributed by atoms with Crippen molar-refractivity contribution in [3.63, 3.8) is 0 Å². The van der Waals surface area contributed by atoms with E-state index >= 15 is 0 Å². The first-order valence-corrected chi connectivity index (χ1v) is 10.0. The SMILES string of the molecule is CC(C)(C)NS(=O)(=O)c1ccccc1NC(=O)c1cc(Br)ccc1Cl. The van der Waals surface area contributed by atoms with Crippen molar-refractivity contribution in [2.24, 2.45) is 0 Å². The van der Waals surface area contributed by atoms with Crippen molar-refractivity contribution in [3.05, 3.63) is 57.5 Å². The van der Waals surface area contributed by atoms with E-state index in [0.717, 1.165) is 0 Å². The first-order chi connectivity index (χ1) is 11.5. The van der Waals surface area contributed by atoms with E-state index in [9.17, 15) is 13.2 Å². The van der Waals surface area contributed by atoms with Crippen LogP contribution < -0.4 is 10.0 Å². The average molecular weight is 446 g/mol. The average Bonchev–Trinajstić information content (AvgIpc) is 2.47. The number of amides is 1. The van der Waals surface area contributed by atoms with E-state index in [2.05, 4.69) is 26.0 Å². The molecular weight excluding hydrogens is 428 g/mol. The van der Waals surface area contributed by atoms with Gasteiger partial charge in [0.1, 0.15) is 4.90 Å². The number of sulfonamides is 1. The van der Waals surface area contributed by atoms with Gasteiger partial charge in [0, 0.05) is 10.0 Å². The highest BCUT2D eigenvalue weighted by Crippen LogP contribution is 2.25. The molecule has 0 fully saturated rings. The molecule has 0 aliphatic heterocycles. The molecule has 2 aromatic carbocycles. The highest BCUT2D eigenvalue weighted by Gasteiger charge is 2.25. The van der Waals surface area contributed by atoms with Crippen LogP contribution in [0.15, 0.2) is 51.8 Å². The summed E-state index contributed by atoms with van der Waals surface area (Å²) in [4.78, 5) is 12.5. The summed E-state index contributed by atoms with van der Waals surface area (Å²) in [6.07, 6.45) is 0. The van der Waals surface area contributed by atoms with Crippen LogP contribution in [0.3, 0.4) is 0 Å². The zero-order chi connectivity index (χ0) is 18.8. The number of hydrogen-bond acceptors (Lipinski definition) is 3. The molecule has 2 rings (SSSR count). The van der Waals surface area contributed by atoms with Gasteiger partial charge in [0.25, 0.3) is 5.91 Å². The summed E-state index contributed by atoms with van der Waals surface area (Å²) < 4.78 is 28.5. The Morgan fingerprint density at radius 2 is 1.76 bits per heavy atom. The summed E-state index contributed by atoms with van der Waals surface area (Å²) in [6.45, 7) is 5.23. The number of nitrogens with one attached hydrogen (secondary N) is 2. The molecule has 2 N–H and O–H groups in total. The highest BCUT2D eigenvalue weighted by molar-refractivity contribution is 9.10. The lowest BCUT2D eigenvalue weighted by Gasteiger charge is -2.21. The lowest BCUT2D eigenvalue weighted by Crippen LogP contribution is -2.40. The molecule has 8 heteroatoms. The number of carbonyl (C=O) groups excluding carboxylic acids is 1. The highest BCUT2D eigenvalue weighted by atomic mass is 79.9. The molecule has 0 aliphatic carbocycles. The molecule has 0 bridgehead atoms. The van der Waals surface area contributed by atoms with Crippen LogP contribution >= 0.6 is 27.5 Å². The third-order valence-corrected chi connectivity index (χ3v) is 5.68. The molecule has 25 heavy (non-hydrogen) atoms. The molecule has 0 saturated carbocycles. The third-order valence-electron chi connectivity index (χ3n) is 3.04. The Balaban J connectivity index is 2.39. The molecular formula is C17H18BrClN2O3S. The Morgan fingerprint density at radius 3 is 2.40 bits per heavy atom. The lowest BCUT2D eigenvalue weighted by molar-refractivity contribution is 0.102. The van der Waals surface area contributed by atoms with E-state index < -0.39 is 21.5 Å². The minimum absolute atomic E-state index is 0.00982. The summed E-state index contributed by atoms with van der Waals surface area (Å²) in [5, 5.41) is 2.90. The van der Waals surface area contributed by atoms with Gasteiger partial charge in [0.15, 0.2) is 0 Å². The third kappa shape index (κ3) is 5.28. The van der Waals surface area contributed by atoms with Crippen LogP contribution in [0.5, 0.6) is 0 Å². The van der Waals surface area contributed by atoms with Crippen molar-refractivity contribution < 1.29 is 13.2 Å². The van der Waals surface area contributed by atoms with Gasteiger partial charge in [-0.25, -0.2) is 13.1 Å². The molecule has 0 spiro atoms. The number of halogens is 2. The summed E-state index contributed by atoms with van der Waals surface area (Å²) in [6, 6.07) is 11.1. The Kier molecular flexibility index (Phi) is 5.93. The first kappa shape index (κ1) is 19.9. The number of anilines is 1. The maximum absolute atomic E-state index is 12.6. The second-order valence-electron chi connectivity index (χ2n) is 6.43. The molecule has 5 nitrogen and oxygen atoms in total. The molecule has 2 aromatic rings. The summed E-state index contributed by atoms with van der Waals surface area (Å²) in [7, 11) is -3.80. The van der Waals surface area contributed by atoms with Gasteiger partial charge in [-0.05, 0) is 51.1 Å². The van der Waals surface area contributed by atoms with Crippen molar-refractivity contribution in [2.45, 2.75) is 31.2 Å². The molecule has 0 saturated heterocycles. The monoisotopic (exact) mass is 444 g/mol. The molecule has 0 heterocycles. The molecule has 1 amide bonds. The number of benzene rings is 2. The largest absolute Gasteiger partial charge is 0.321 e. The smallest absolute Gasteiger partial charge is 0.257 e. The predicted molar refractivity (Wildman–Crippen MR) is 104 cm³/mol. The topological polar surface area (TPSA) is 75.3 Å². The van der Waals surface area contributed by atoms with Crippen LogP contribution in [0, 0.1) is 0 Å². The maximum atomic E-state index is 12.6. The number of carbonyl (C=O) groups is 1. The van der Waals surface area contributed by atoms with Gasteiger partial charge in [-0.3, -0.25) is 4.79 Å². The Labute approximate surface area is 161 Å². The van der Waals surface area contributed by atoms with Crippen LogP contribution in [0.4, 0.5) is 5.69 Å². The standard InChI is InChI=1S/C17H18BrClN2O3S/c1-17(2,3)21-25(23,24)15-7-5-4-6-14(15)20-16(22)12-10-11(18)8-9-13(12)19/h4-10,21H,1-3H3,(H,20,22). The first-order valence-electron chi connectivity index (χ1n) is 7.39. The van der Waals surface area contributed by atoms with E-state index in [1.54, 1.807) is 51.1 Å². The number of para-hydroxylation sites is 1. The van der Waals surface area contributed by atoms with Crippen LogP contribution in [-0.4, -0.2) is 19.9 Å². The van der Waals surface area contributed by atoms with Crippen molar-refractivity contribution >= 4 is 49.1 Å². The van der Waals surface area contributed by atoms with E-state index in [-0.39, 0.29) is 21.2 Å². The summed E-state index contributed by atoms with van der Waals surface area (Å²) in [5.41, 5.74) is -0.226. The van der Waals surface area contributed by atoms with Gasteiger partial charge >= 0.3 is 0 Å². The van der Waals surface area contributed by atoms with Gasteiger partial charge in [0.05, 0.1) is 16.3 Å². The summed E-state index contributed by atoms with van der Waals surface area (Å²) >= 11 is 9.35. The Bertz CT molecular complexity index is 908. The van der Waals surface area contributed by atoms with Gasteiger partial charge in [-0.15, -0.1) is 0 Å². The minimum atomic E-state index is -3.80. The zero-order valence-corrected chi connectivity index (χ0v) is 17.1. The van der Waals surface area contributed by atoms with Crippen molar-refractivity contribution in [1.82, 2.24) is 4.72 Å². The lowest BCUT2D eigenvalue weighted by atomic mass is 10.1. The Morgan fingerprint density at radius 1 is 1.12 bits per heavy atom. The number of hydrogen-bond donors (Lipinski definition) is 2. The maximum Gasteiger partial charge on any atom is 0.257 e. The van der Waals surface area contributed by atoms with Crippen LogP contribution in [-0.2, 0) is 10.0 Å². The second kappa shape index (κ2) is 7.45. The molecule has 0 aliphatic rings. The molecule has 0 unspecified atom stereocenters. The fourth-order valence-corrected chi connectivity index (χ4v) is 4.27. The normalized spacial score (nSPS) is 12.0. The molecule has 0 atom stereocenters. The van der Waals surface area contributed by atoms with Gasteiger partial charge in [-0.1, -0.05) is 39.7 Å². The quantitative estimate of drug-likeness (QED) is 0.731. The van der Waals surface area contributed by atoms with Crippen molar-refractivity contribution in [1.29, 1.82) is 0 Å². The molecule has 0 aromatic heterocycles. The fourth-order valence-electron chi connectivity index (χ4n) is 2.12. The van der Waals surface area contributed by atoms with Gasteiger partial charge in [-0.2, -0.15) is 0 Å². The molecule has 0 radical (unpaired) electrons. The fraction of sp³-hybridized carbons (Fsp3) is 0.235. The van der Waals surface area contributed by atoms with Gasteiger partial charge < -0.3 is 5.32 Å². The Hall–Kier alpha value is -1.41. The van der Waals surface area contributed by atoms with E-state index in [1.165, 1.54) is 12.1 Å². The van der Waals surface area contributed by atoms with E-state index in [0.29, 0.717) is 4.47 Å². The van der Waals surface area contributed by atoms with E-state index in [4.69, 9.17) is 11.6 Å². The zero-order valence-electron chi connectivity index (χ0n) is 13.9. The van der Waals surface area contributed by atoms with Crippen LogP contribution in [0.2, 0.25) is 5.02 Å². The second-order valence-corrected chi connectivity index (χ2v) is 9.40. The van der Waals surface area contributed by atoms with Gasteiger partial charge in [0.2, 0.25) is 10.0 Å². The van der Waals surface area contributed by atoms with Crippen LogP contribution in [0.25, 0.3) is 0 Å². The predicted octanol–water partition coefficient (Wildman–Crippen LogP) is 4.43.